The predicted molar refractivity (Wildman–Crippen MR) is 58.6 cm³/mol. The lowest BCUT2D eigenvalue weighted by Gasteiger charge is -2.19. The van der Waals surface area contributed by atoms with E-state index in [4.69, 9.17) is 0 Å². The van der Waals surface area contributed by atoms with E-state index in [0.717, 1.165) is 32.1 Å². The second-order valence-electron chi connectivity index (χ2n) is 4.10. The summed E-state index contributed by atoms with van der Waals surface area (Å²) in [5, 5.41) is 0. The summed E-state index contributed by atoms with van der Waals surface area (Å²) in [4.78, 5) is 17.5. The fourth-order valence-corrected chi connectivity index (χ4v) is 1.99. The van der Waals surface area contributed by atoms with Gasteiger partial charge in [-0.2, -0.15) is 0 Å². The van der Waals surface area contributed by atoms with Crippen molar-refractivity contribution < 1.29 is 9.18 Å². The van der Waals surface area contributed by atoms with Crippen molar-refractivity contribution in [3.8, 4) is 0 Å². The highest BCUT2D eigenvalue weighted by molar-refractivity contribution is 5.93. The molecule has 86 valence electrons. The van der Waals surface area contributed by atoms with Crippen LogP contribution in [0.15, 0.2) is 18.5 Å². The van der Waals surface area contributed by atoms with Crippen LogP contribution in [-0.2, 0) is 0 Å². The molecule has 0 unspecified atom stereocenters. The Morgan fingerprint density at radius 3 is 2.50 bits per heavy atom. The number of halogens is 1. The molecule has 1 aliphatic heterocycles. The van der Waals surface area contributed by atoms with Crippen LogP contribution in [0.1, 0.15) is 36.0 Å². The van der Waals surface area contributed by atoms with E-state index in [1.807, 2.05) is 0 Å². The van der Waals surface area contributed by atoms with Crippen LogP contribution < -0.4 is 0 Å². The lowest BCUT2D eigenvalue weighted by molar-refractivity contribution is 0.0760. The minimum Gasteiger partial charge on any atom is -0.339 e. The molecule has 0 radical (unpaired) electrons. The van der Waals surface area contributed by atoms with E-state index in [9.17, 15) is 9.18 Å². The van der Waals surface area contributed by atoms with Crippen molar-refractivity contribution in [1.82, 2.24) is 9.88 Å². The van der Waals surface area contributed by atoms with Crippen LogP contribution in [-0.4, -0.2) is 28.9 Å². The second kappa shape index (κ2) is 5.05. The van der Waals surface area contributed by atoms with Gasteiger partial charge in [0.05, 0.1) is 11.8 Å². The number of carbonyl (C=O) groups is 1. The maximum atomic E-state index is 12.9. The maximum Gasteiger partial charge on any atom is 0.255 e. The molecule has 0 aliphatic carbocycles. The van der Waals surface area contributed by atoms with Gasteiger partial charge < -0.3 is 4.90 Å². The van der Waals surface area contributed by atoms with E-state index in [1.54, 1.807) is 4.90 Å². The number of amides is 1. The molecule has 1 aromatic heterocycles. The van der Waals surface area contributed by atoms with Gasteiger partial charge in [-0.15, -0.1) is 0 Å². The van der Waals surface area contributed by atoms with Crippen LogP contribution in [0.3, 0.4) is 0 Å². The van der Waals surface area contributed by atoms with Gasteiger partial charge in [0.2, 0.25) is 0 Å². The minimum absolute atomic E-state index is 0.103. The molecule has 2 rings (SSSR count). The molecule has 1 aliphatic rings. The summed E-state index contributed by atoms with van der Waals surface area (Å²) < 4.78 is 12.9. The van der Waals surface area contributed by atoms with E-state index in [2.05, 4.69) is 4.98 Å². The molecule has 4 heteroatoms. The maximum absolute atomic E-state index is 12.9. The van der Waals surface area contributed by atoms with Gasteiger partial charge in [0.15, 0.2) is 0 Å². The van der Waals surface area contributed by atoms with Crippen molar-refractivity contribution >= 4 is 5.91 Å². The van der Waals surface area contributed by atoms with Gasteiger partial charge in [0.25, 0.3) is 5.91 Å². The van der Waals surface area contributed by atoms with E-state index in [0.29, 0.717) is 5.56 Å². The van der Waals surface area contributed by atoms with Crippen molar-refractivity contribution in [1.29, 1.82) is 0 Å². The molecule has 0 saturated carbocycles. The average molecular weight is 222 g/mol. The first-order valence-electron chi connectivity index (χ1n) is 5.67. The first-order chi connectivity index (χ1) is 7.77. The fraction of sp³-hybridized carbons (Fsp3) is 0.500. The Balaban J connectivity index is 2.11. The zero-order valence-electron chi connectivity index (χ0n) is 9.16. The van der Waals surface area contributed by atoms with Crippen molar-refractivity contribution in [2.75, 3.05) is 13.1 Å². The summed E-state index contributed by atoms with van der Waals surface area (Å²) in [6.07, 6.45) is 6.95. The molecule has 1 fully saturated rings. The monoisotopic (exact) mass is 222 g/mol. The number of hydrogen-bond acceptors (Lipinski definition) is 2. The van der Waals surface area contributed by atoms with Gasteiger partial charge in [-0.05, 0) is 18.9 Å². The topological polar surface area (TPSA) is 33.2 Å². The quantitative estimate of drug-likeness (QED) is 0.730. The first kappa shape index (κ1) is 11.0. The Hall–Kier alpha value is -1.45. The molecule has 0 bridgehead atoms. The lowest BCUT2D eigenvalue weighted by Crippen LogP contribution is -2.31. The Bertz CT molecular complexity index is 373. The third-order valence-electron chi connectivity index (χ3n) is 2.85. The summed E-state index contributed by atoms with van der Waals surface area (Å²) >= 11 is 0. The molecule has 0 aromatic carbocycles. The highest BCUT2D eigenvalue weighted by Gasteiger charge is 2.17. The molecule has 0 atom stereocenters. The standard InChI is InChI=1S/C12H15FN2O/c13-11-7-10(8-14-9-11)12(16)15-5-3-1-2-4-6-15/h7-9H,1-6H2. The molecule has 3 nitrogen and oxygen atoms in total. The van der Waals surface area contributed by atoms with Crippen LogP contribution in [0.4, 0.5) is 4.39 Å². The number of rotatable bonds is 1. The number of pyridine rings is 1. The van der Waals surface area contributed by atoms with Crippen LogP contribution in [0, 0.1) is 5.82 Å². The third-order valence-corrected chi connectivity index (χ3v) is 2.85. The van der Waals surface area contributed by atoms with Gasteiger partial charge in [-0.25, -0.2) is 4.39 Å². The van der Waals surface area contributed by atoms with Crippen molar-refractivity contribution in [3.63, 3.8) is 0 Å². The second-order valence-corrected chi connectivity index (χ2v) is 4.10. The largest absolute Gasteiger partial charge is 0.339 e. The van der Waals surface area contributed by atoms with E-state index >= 15 is 0 Å². The molecule has 1 aromatic rings. The third kappa shape index (κ3) is 2.56. The molecule has 0 N–H and O–H groups in total. The first-order valence-corrected chi connectivity index (χ1v) is 5.67. The van der Waals surface area contributed by atoms with Gasteiger partial charge >= 0.3 is 0 Å². The fourth-order valence-electron chi connectivity index (χ4n) is 1.99. The van der Waals surface area contributed by atoms with E-state index in [1.165, 1.54) is 25.1 Å². The highest BCUT2D eigenvalue weighted by Crippen LogP contribution is 2.13. The van der Waals surface area contributed by atoms with Gasteiger partial charge in [0.1, 0.15) is 5.82 Å². The van der Waals surface area contributed by atoms with Gasteiger partial charge in [0, 0.05) is 19.3 Å². The predicted octanol–water partition coefficient (Wildman–Crippen LogP) is 2.24. The molecule has 0 spiro atoms. The number of likely N-dealkylation sites (tertiary alicyclic amines) is 1. The molecule has 16 heavy (non-hydrogen) atoms. The van der Waals surface area contributed by atoms with Crippen molar-refractivity contribution in [3.05, 3.63) is 29.8 Å². The van der Waals surface area contributed by atoms with Gasteiger partial charge in [-0.3, -0.25) is 9.78 Å². The summed E-state index contributed by atoms with van der Waals surface area (Å²) in [7, 11) is 0. The normalized spacial score (nSPS) is 16.9. The van der Waals surface area contributed by atoms with Crippen LogP contribution >= 0.6 is 0 Å². The number of hydrogen-bond donors (Lipinski definition) is 0. The number of nitrogens with zero attached hydrogens (tertiary/aromatic N) is 2. The summed E-state index contributed by atoms with van der Waals surface area (Å²) in [6, 6.07) is 1.25. The molecule has 1 saturated heterocycles. The van der Waals surface area contributed by atoms with Crippen LogP contribution in [0.25, 0.3) is 0 Å². The smallest absolute Gasteiger partial charge is 0.255 e. The summed E-state index contributed by atoms with van der Waals surface area (Å²) in [5.74, 6) is -0.561. The zero-order valence-corrected chi connectivity index (χ0v) is 9.16. The molecule has 2 heterocycles. The van der Waals surface area contributed by atoms with Crippen LogP contribution in [0.5, 0.6) is 0 Å². The van der Waals surface area contributed by atoms with Crippen molar-refractivity contribution in [2.24, 2.45) is 0 Å². The van der Waals surface area contributed by atoms with Gasteiger partial charge in [-0.1, -0.05) is 12.8 Å². The van der Waals surface area contributed by atoms with Crippen LogP contribution in [0.2, 0.25) is 0 Å². The highest BCUT2D eigenvalue weighted by atomic mass is 19.1. The summed E-state index contributed by atoms with van der Waals surface area (Å²) in [5.41, 5.74) is 0.349. The van der Waals surface area contributed by atoms with E-state index < -0.39 is 5.82 Å². The molecular weight excluding hydrogens is 207 g/mol. The Kier molecular flexibility index (Phi) is 3.49. The number of carbonyl (C=O) groups excluding carboxylic acids is 1. The Morgan fingerprint density at radius 2 is 1.88 bits per heavy atom. The Morgan fingerprint density at radius 1 is 1.19 bits per heavy atom. The molecular formula is C12H15FN2O. The SMILES string of the molecule is O=C(c1cncc(F)c1)N1CCCCCC1. The average Bonchev–Trinajstić information content (AvgIpc) is 2.56. The minimum atomic E-state index is -0.458. The number of aromatic nitrogens is 1. The van der Waals surface area contributed by atoms with Crippen molar-refractivity contribution in [2.45, 2.75) is 25.7 Å². The summed E-state index contributed by atoms with van der Waals surface area (Å²) in [6.45, 7) is 1.55. The zero-order chi connectivity index (χ0) is 11.4. The Labute approximate surface area is 94.3 Å². The van der Waals surface area contributed by atoms with E-state index in [-0.39, 0.29) is 5.91 Å². The lowest BCUT2D eigenvalue weighted by atomic mass is 10.2. The molecule has 1 amide bonds.